The van der Waals surface area contributed by atoms with Crippen LogP contribution in [-0.2, 0) is 25.6 Å². The second-order valence-corrected chi connectivity index (χ2v) is 7.38. The third-order valence-corrected chi connectivity index (χ3v) is 5.05. The molecule has 2 heterocycles. The molecule has 5 atom stereocenters. The van der Waals surface area contributed by atoms with Crippen LogP contribution in [0.3, 0.4) is 0 Å². The number of likely N-dealkylation sites (tertiary alicyclic amines) is 1. The van der Waals surface area contributed by atoms with E-state index in [1.165, 1.54) is 24.3 Å². The van der Waals surface area contributed by atoms with Gasteiger partial charge < -0.3 is 41.6 Å². The third kappa shape index (κ3) is 6.23. The first kappa shape index (κ1) is 24.2. The number of rotatable bonds is 10. The van der Waals surface area contributed by atoms with Crippen molar-refractivity contribution in [3.63, 3.8) is 0 Å². The van der Waals surface area contributed by atoms with Gasteiger partial charge in [-0.2, -0.15) is 0 Å². The molecule has 0 aromatic carbocycles. The van der Waals surface area contributed by atoms with Crippen LogP contribution in [0.5, 0.6) is 0 Å². The number of carboxylic acids is 1. The molecule has 5 unspecified atom stereocenters. The average molecular weight is 440 g/mol. The number of nitrogens with zero attached hydrogens (tertiary/aromatic N) is 2. The molecule has 1 saturated heterocycles. The van der Waals surface area contributed by atoms with Crippen LogP contribution < -0.4 is 16.4 Å². The van der Waals surface area contributed by atoms with E-state index in [0.29, 0.717) is 18.5 Å². The highest BCUT2D eigenvalue weighted by Crippen LogP contribution is 2.19. The van der Waals surface area contributed by atoms with Gasteiger partial charge >= 0.3 is 5.97 Å². The summed E-state index contributed by atoms with van der Waals surface area (Å²) < 4.78 is 0. The van der Waals surface area contributed by atoms with Gasteiger partial charge in [-0.05, 0) is 19.8 Å². The fraction of sp³-hybridized carbons (Fsp3) is 0.611. The highest BCUT2D eigenvalue weighted by Gasteiger charge is 2.38. The quantitative estimate of drug-likeness (QED) is 0.194. The number of aliphatic hydroxyl groups excluding tert-OH is 2. The van der Waals surface area contributed by atoms with Gasteiger partial charge in [0.25, 0.3) is 0 Å². The van der Waals surface area contributed by atoms with Gasteiger partial charge in [-0.3, -0.25) is 14.4 Å². The molecule has 0 aliphatic carbocycles. The number of aromatic amines is 1. The Morgan fingerprint density at radius 1 is 1.32 bits per heavy atom. The molecular weight excluding hydrogens is 412 g/mol. The standard InChI is InChI=1S/C18H28N6O7/c1-9(26)14(19)17(29)24-4-2-3-13(24)16(28)23-12(7-25)15(27)22-11(18(30)31)5-10-6-20-8-21-10/h6,8-9,11-14,25-26H,2-5,7,19H2,1H3,(H,20,21)(H,22,27)(H,23,28)(H,30,31). The number of hydrogen-bond acceptors (Lipinski definition) is 8. The fourth-order valence-corrected chi connectivity index (χ4v) is 3.25. The lowest BCUT2D eigenvalue weighted by molar-refractivity contribution is -0.143. The number of aliphatic carboxylic acids is 1. The molecule has 0 bridgehead atoms. The van der Waals surface area contributed by atoms with Crippen molar-refractivity contribution in [3.8, 4) is 0 Å². The molecule has 31 heavy (non-hydrogen) atoms. The number of nitrogens with one attached hydrogen (secondary N) is 3. The van der Waals surface area contributed by atoms with E-state index in [4.69, 9.17) is 5.73 Å². The maximum Gasteiger partial charge on any atom is 0.326 e. The van der Waals surface area contributed by atoms with Crippen molar-refractivity contribution in [1.29, 1.82) is 0 Å². The Labute approximate surface area is 178 Å². The van der Waals surface area contributed by atoms with E-state index in [1.54, 1.807) is 0 Å². The van der Waals surface area contributed by atoms with Crippen LogP contribution >= 0.6 is 0 Å². The molecule has 1 aromatic rings. The molecule has 0 saturated carbocycles. The Balaban J connectivity index is 2.01. The predicted octanol–water partition coefficient (Wildman–Crippen LogP) is -3.30. The summed E-state index contributed by atoms with van der Waals surface area (Å²) in [5.41, 5.74) is 6.16. The molecule has 1 aromatic heterocycles. The van der Waals surface area contributed by atoms with Crippen LogP contribution in [0.25, 0.3) is 0 Å². The summed E-state index contributed by atoms with van der Waals surface area (Å²) in [6, 6.07) is -4.84. The Hall–Kier alpha value is -3.03. The number of carbonyl (C=O) groups excluding carboxylic acids is 3. The largest absolute Gasteiger partial charge is 0.480 e. The molecule has 13 nitrogen and oxygen atoms in total. The van der Waals surface area contributed by atoms with Crippen LogP contribution in [0.15, 0.2) is 12.5 Å². The normalized spacial score (nSPS) is 19.9. The minimum absolute atomic E-state index is 0.0741. The van der Waals surface area contributed by atoms with E-state index in [-0.39, 0.29) is 13.0 Å². The second-order valence-electron chi connectivity index (χ2n) is 7.38. The topological polar surface area (TPSA) is 211 Å². The van der Waals surface area contributed by atoms with Gasteiger partial charge in [-0.15, -0.1) is 0 Å². The van der Waals surface area contributed by atoms with Gasteiger partial charge in [-0.25, -0.2) is 9.78 Å². The molecule has 1 aliphatic rings. The van der Waals surface area contributed by atoms with Crippen LogP contribution in [0.4, 0.5) is 0 Å². The number of imidazole rings is 1. The number of aromatic nitrogens is 2. The summed E-state index contributed by atoms with van der Waals surface area (Å²) in [4.78, 5) is 56.8. The van der Waals surface area contributed by atoms with E-state index < -0.39 is 60.6 Å². The number of carbonyl (C=O) groups is 4. The average Bonchev–Trinajstić information content (AvgIpc) is 3.41. The first-order valence-corrected chi connectivity index (χ1v) is 9.81. The summed E-state index contributed by atoms with van der Waals surface area (Å²) >= 11 is 0. The Kier molecular flexibility index (Phi) is 8.47. The van der Waals surface area contributed by atoms with Crippen LogP contribution in [-0.4, -0.2) is 97.3 Å². The molecule has 13 heteroatoms. The first-order valence-electron chi connectivity index (χ1n) is 9.81. The second kappa shape index (κ2) is 10.8. The molecule has 172 valence electrons. The number of carboxylic acid groups (broad SMARTS) is 1. The highest BCUT2D eigenvalue weighted by atomic mass is 16.4. The fourth-order valence-electron chi connectivity index (χ4n) is 3.25. The third-order valence-electron chi connectivity index (χ3n) is 5.05. The van der Waals surface area contributed by atoms with E-state index in [9.17, 15) is 34.5 Å². The van der Waals surface area contributed by atoms with Crippen molar-refractivity contribution in [2.75, 3.05) is 13.2 Å². The zero-order chi connectivity index (χ0) is 23.1. The molecule has 8 N–H and O–H groups in total. The van der Waals surface area contributed by atoms with Crippen molar-refractivity contribution in [1.82, 2.24) is 25.5 Å². The minimum atomic E-state index is -1.42. The maximum atomic E-state index is 12.7. The van der Waals surface area contributed by atoms with E-state index in [0.717, 1.165) is 0 Å². The van der Waals surface area contributed by atoms with Crippen LogP contribution in [0.1, 0.15) is 25.5 Å². The summed E-state index contributed by atoms with van der Waals surface area (Å²) in [5, 5.41) is 33.1. The highest BCUT2D eigenvalue weighted by molar-refractivity contribution is 5.94. The number of amides is 3. The summed E-state index contributed by atoms with van der Waals surface area (Å²) in [7, 11) is 0. The van der Waals surface area contributed by atoms with Crippen LogP contribution in [0.2, 0.25) is 0 Å². The molecular formula is C18H28N6O7. The van der Waals surface area contributed by atoms with Crippen molar-refractivity contribution in [3.05, 3.63) is 18.2 Å². The van der Waals surface area contributed by atoms with E-state index >= 15 is 0 Å². The summed E-state index contributed by atoms with van der Waals surface area (Å²) in [5.74, 6) is -3.47. The Bertz CT molecular complexity index is 784. The summed E-state index contributed by atoms with van der Waals surface area (Å²) in [6.07, 6.45) is 2.45. The maximum absolute atomic E-state index is 12.7. The van der Waals surface area contributed by atoms with E-state index in [2.05, 4.69) is 20.6 Å². The summed E-state index contributed by atoms with van der Waals surface area (Å²) in [6.45, 7) is 0.850. The van der Waals surface area contributed by atoms with Gasteiger partial charge in [0.2, 0.25) is 17.7 Å². The Morgan fingerprint density at radius 2 is 2.03 bits per heavy atom. The van der Waals surface area contributed by atoms with Gasteiger partial charge in [0.15, 0.2) is 0 Å². The zero-order valence-corrected chi connectivity index (χ0v) is 17.0. The van der Waals surface area contributed by atoms with E-state index in [1.807, 2.05) is 0 Å². The predicted molar refractivity (Wildman–Crippen MR) is 105 cm³/mol. The SMILES string of the molecule is CC(O)C(N)C(=O)N1CCCC1C(=O)NC(CO)C(=O)NC(Cc1cnc[nH]1)C(=O)O. The lowest BCUT2D eigenvalue weighted by Gasteiger charge is -2.29. The number of aliphatic hydroxyl groups is 2. The number of hydrogen-bond donors (Lipinski definition) is 7. The molecule has 1 fully saturated rings. The van der Waals surface area contributed by atoms with Crippen molar-refractivity contribution < 1.29 is 34.5 Å². The first-order chi connectivity index (χ1) is 14.6. The van der Waals surface area contributed by atoms with Crippen molar-refractivity contribution >= 4 is 23.7 Å². The lowest BCUT2D eigenvalue weighted by Crippen LogP contribution is -2.58. The number of nitrogens with two attached hydrogens (primary N) is 1. The molecule has 0 radical (unpaired) electrons. The zero-order valence-electron chi connectivity index (χ0n) is 17.0. The molecule has 3 amide bonds. The monoisotopic (exact) mass is 440 g/mol. The van der Waals surface area contributed by atoms with Crippen molar-refractivity contribution in [2.24, 2.45) is 5.73 Å². The van der Waals surface area contributed by atoms with Gasteiger partial charge in [0, 0.05) is 24.9 Å². The minimum Gasteiger partial charge on any atom is -0.480 e. The molecule has 1 aliphatic heterocycles. The van der Waals surface area contributed by atoms with Gasteiger partial charge in [0.1, 0.15) is 24.2 Å². The van der Waals surface area contributed by atoms with Gasteiger partial charge in [-0.1, -0.05) is 0 Å². The molecule has 2 rings (SSSR count). The molecule has 0 spiro atoms. The van der Waals surface area contributed by atoms with Crippen molar-refractivity contribution in [2.45, 2.75) is 56.5 Å². The number of H-pyrrole nitrogens is 1. The lowest BCUT2D eigenvalue weighted by atomic mass is 10.1. The van der Waals surface area contributed by atoms with Gasteiger partial charge in [0.05, 0.1) is 19.0 Å². The van der Waals surface area contributed by atoms with Crippen LogP contribution in [0, 0.1) is 0 Å². The smallest absolute Gasteiger partial charge is 0.326 e. The Morgan fingerprint density at radius 3 is 2.58 bits per heavy atom.